The molecule has 0 atom stereocenters. The van der Waals surface area contributed by atoms with E-state index in [1.165, 1.54) is 0 Å². The average Bonchev–Trinajstić information content (AvgIpc) is 2.81. The maximum Gasteiger partial charge on any atom is 0.344 e. The number of amides is 4. The minimum Gasteiger partial charge on any atom is -0.322 e. The molecule has 7 nitrogen and oxygen atoms in total. The average molecular weight is 379 g/mol. The summed E-state index contributed by atoms with van der Waals surface area (Å²) in [6.07, 6.45) is 4.10. The molecule has 140 valence electrons. The highest BCUT2D eigenvalue weighted by Gasteiger charge is 2.52. The number of hydrogen-bond donors (Lipinski definition) is 2. The van der Waals surface area contributed by atoms with Crippen LogP contribution in [-0.4, -0.2) is 46.9 Å². The van der Waals surface area contributed by atoms with Gasteiger partial charge in [0.25, 0.3) is 11.8 Å². The number of hydrazine groups is 1. The van der Waals surface area contributed by atoms with Crippen molar-refractivity contribution in [3.63, 3.8) is 0 Å². The minimum atomic E-state index is -0.841. The third-order valence-electron chi connectivity index (χ3n) is 4.92. The molecule has 2 fully saturated rings. The molecular formula is C18H23ClN4O3. The van der Waals surface area contributed by atoms with Crippen molar-refractivity contribution in [2.24, 2.45) is 0 Å². The van der Waals surface area contributed by atoms with Gasteiger partial charge in [-0.1, -0.05) is 49.1 Å². The van der Waals surface area contributed by atoms with E-state index in [0.717, 1.165) is 29.8 Å². The van der Waals surface area contributed by atoms with Crippen molar-refractivity contribution in [1.29, 1.82) is 0 Å². The zero-order valence-corrected chi connectivity index (χ0v) is 15.5. The largest absolute Gasteiger partial charge is 0.344 e. The summed E-state index contributed by atoms with van der Waals surface area (Å²) in [7, 11) is 1.78. The molecule has 2 aliphatic rings. The Morgan fingerprint density at radius 3 is 2.65 bits per heavy atom. The number of rotatable bonds is 5. The van der Waals surface area contributed by atoms with Gasteiger partial charge in [-0.3, -0.25) is 19.9 Å². The Bertz CT molecular complexity index is 718. The van der Waals surface area contributed by atoms with E-state index in [1.807, 2.05) is 18.2 Å². The number of urea groups is 1. The van der Waals surface area contributed by atoms with Gasteiger partial charge in [-0.25, -0.2) is 4.79 Å². The molecule has 1 saturated heterocycles. The van der Waals surface area contributed by atoms with E-state index < -0.39 is 17.5 Å². The molecule has 3 rings (SSSR count). The van der Waals surface area contributed by atoms with Gasteiger partial charge in [0.15, 0.2) is 0 Å². The maximum absolute atomic E-state index is 12.6. The first kappa shape index (κ1) is 18.7. The lowest BCUT2D eigenvalue weighted by Crippen LogP contribution is -2.52. The van der Waals surface area contributed by atoms with E-state index >= 15 is 0 Å². The van der Waals surface area contributed by atoms with Gasteiger partial charge >= 0.3 is 6.03 Å². The van der Waals surface area contributed by atoms with Crippen molar-refractivity contribution in [3.8, 4) is 0 Å². The molecule has 2 N–H and O–H groups in total. The van der Waals surface area contributed by atoms with Gasteiger partial charge in [-0.05, 0) is 31.5 Å². The van der Waals surface area contributed by atoms with E-state index in [-0.39, 0.29) is 12.5 Å². The number of likely N-dealkylation sites (N-methyl/N-ethyl adjacent to an activating group) is 1. The van der Waals surface area contributed by atoms with Crippen LogP contribution >= 0.6 is 11.6 Å². The molecule has 1 saturated carbocycles. The van der Waals surface area contributed by atoms with Gasteiger partial charge in [0, 0.05) is 11.6 Å². The van der Waals surface area contributed by atoms with Crippen molar-refractivity contribution in [2.75, 3.05) is 13.6 Å². The highest BCUT2D eigenvalue weighted by molar-refractivity contribution is 6.31. The van der Waals surface area contributed by atoms with Gasteiger partial charge in [-0.15, -0.1) is 0 Å². The predicted octanol–water partition coefficient (Wildman–Crippen LogP) is 2.06. The van der Waals surface area contributed by atoms with Crippen molar-refractivity contribution in [1.82, 2.24) is 20.7 Å². The summed E-state index contributed by atoms with van der Waals surface area (Å²) in [5, 5.41) is 4.23. The zero-order chi connectivity index (χ0) is 18.7. The van der Waals surface area contributed by atoms with Crippen LogP contribution in [0.15, 0.2) is 24.3 Å². The summed E-state index contributed by atoms with van der Waals surface area (Å²) >= 11 is 6.13. The molecule has 0 unspecified atom stereocenters. The summed E-state index contributed by atoms with van der Waals surface area (Å²) < 4.78 is 0. The van der Waals surface area contributed by atoms with Gasteiger partial charge in [0.2, 0.25) is 0 Å². The zero-order valence-electron chi connectivity index (χ0n) is 14.8. The Balaban J connectivity index is 1.57. The summed E-state index contributed by atoms with van der Waals surface area (Å²) in [4.78, 5) is 38.9. The van der Waals surface area contributed by atoms with E-state index in [0.29, 0.717) is 24.4 Å². The minimum absolute atomic E-state index is 0.0370. The normalized spacial score (nSPS) is 19.1. The number of benzene rings is 1. The highest BCUT2D eigenvalue weighted by atomic mass is 35.5. The van der Waals surface area contributed by atoms with Crippen LogP contribution in [0.1, 0.15) is 37.7 Å². The van der Waals surface area contributed by atoms with Crippen molar-refractivity contribution >= 4 is 29.4 Å². The number of nitrogens with zero attached hydrogens (tertiary/aromatic N) is 2. The molecule has 1 aliphatic heterocycles. The predicted molar refractivity (Wildman–Crippen MR) is 97.1 cm³/mol. The number of nitrogens with one attached hydrogen (secondary N) is 2. The SMILES string of the molecule is CN(CC(=O)NN1C(=O)NC2(CCCCC2)C1=O)Cc1ccccc1Cl. The van der Waals surface area contributed by atoms with E-state index in [2.05, 4.69) is 10.7 Å². The lowest BCUT2D eigenvalue weighted by atomic mass is 9.82. The first-order chi connectivity index (χ1) is 12.4. The first-order valence-corrected chi connectivity index (χ1v) is 9.17. The summed E-state index contributed by atoms with van der Waals surface area (Å²) in [5.41, 5.74) is 2.50. The maximum atomic E-state index is 12.6. The lowest BCUT2D eigenvalue weighted by Gasteiger charge is -2.30. The summed E-state index contributed by atoms with van der Waals surface area (Å²) in [5.74, 6) is -0.778. The second-order valence-electron chi connectivity index (χ2n) is 7.01. The number of hydrogen-bond acceptors (Lipinski definition) is 4. The first-order valence-electron chi connectivity index (χ1n) is 8.79. The highest BCUT2D eigenvalue weighted by Crippen LogP contribution is 2.32. The van der Waals surface area contributed by atoms with Crippen molar-refractivity contribution in [2.45, 2.75) is 44.2 Å². The number of carbonyl (C=O) groups excluding carboxylic acids is 3. The Labute approximate surface area is 157 Å². The Hall–Kier alpha value is -2.12. The smallest absolute Gasteiger partial charge is 0.322 e. The quantitative estimate of drug-likeness (QED) is 0.768. The summed E-state index contributed by atoms with van der Waals surface area (Å²) in [6, 6.07) is 6.85. The Morgan fingerprint density at radius 1 is 1.27 bits per heavy atom. The molecule has 1 heterocycles. The van der Waals surface area contributed by atoms with E-state index in [4.69, 9.17) is 11.6 Å². The van der Waals surface area contributed by atoms with Crippen LogP contribution in [0, 0.1) is 0 Å². The van der Waals surface area contributed by atoms with Crippen LogP contribution < -0.4 is 10.7 Å². The van der Waals surface area contributed by atoms with Crippen LogP contribution in [0.4, 0.5) is 4.79 Å². The molecule has 26 heavy (non-hydrogen) atoms. The molecular weight excluding hydrogens is 356 g/mol. The number of halogens is 1. The summed E-state index contributed by atoms with van der Waals surface area (Å²) in [6.45, 7) is 0.520. The van der Waals surface area contributed by atoms with E-state index in [1.54, 1.807) is 18.0 Å². The molecule has 1 aromatic carbocycles. The number of imide groups is 1. The fourth-order valence-corrected chi connectivity index (χ4v) is 3.79. The fourth-order valence-electron chi connectivity index (χ4n) is 3.59. The van der Waals surface area contributed by atoms with Gasteiger partial charge in [0.1, 0.15) is 5.54 Å². The second kappa shape index (κ2) is 7.63. The fraction of sp³-hybridized carbons (Fsp3) is 0.500. The third-order valence-corrected chi connectivity index (χ3v) is 5.29. The molecule has 0 aromatic heterocycles. The van der Waals surface area contributed by atoms with E-state index in [9.17, 15) is 14.4 Å². The monoisotopic (exact) mass is 378 g/mol. The standard InChI is InChI=1S/C18H23ClN4O3/c1-22(11-13-7-3-4-8-14(13)19)12-15(24)21-23-16(25)18(20-17(23)26)9-5-2-6-10-18/h3-4,7-8H,2,5-6,9-12H2,1H3,(H,20,26)(H,21,24). The molecule has 0 radical (unpaired) electrons. The lowest BCUT2D eigenvalue weighted by molar-refractivity contribution is -0.140. The van der Waals surface area contributed by atoms with Crippen LogP contribution in [0.2, 0.25) is 5.02 Å². The molecule has 1 aromatic rings. The van der Waals surface area contributed by atoms with Crippen molar-refractivity contribution in [3.05, 3.63) is 34.9 Å². The van der Waals surface area contributed by atoms with Gasteiger partial charge < -0.3 is 5.32 Å². The van der Waals surface area contributed by atoms with Crippen molar-refractivity contribution < 1.29 is 14.4 Å². The van der Waals surface area contributed by atoms with Gasteiger partial charge in [-0.2, -0.15) is 5.01 Å². The molecule has 1 spiro atoms. The topological polar surface area (TPSA) is 81.8 Å². The third kappa shape index (κ3) is 3.83. The van der Waals surface area contributed by atoms with Gasteiger partial charge in [0.05, 0.1) is 6.54 Å². The Kier molecular flexibility index (Phi) is 5.48. The molecule has 4 amide bonds. The second-order valence-corrected chi connectivity index (χ2v) is 7.42. The Morgan fingerprint density at radius 2 is 1.96 bits per heavy atom. The molecule has 1 aliphatic carbocycles. The molecule has 8 heteroatoms. The number of carbonyl (C=O) groups is 3. The van der Waals surface area contributed by atoms with Crippen LogP contribution in [0.5, 0.6) is 0 Å². The van der Waals surface area contributed by atoms with Crippen LogP contribution in [0.25, 0.3) is 0 Å². The van der Waals surface area contributed by atoms with Crippen LogP contribution in [0.3, 0.4) is 0 Å². The molecule has 0 bridgehead atoms. The van der Waals surface area contributed by atoms with Crippen LogP contribution in [-0.2, 0) is 16.1 Å².